The number of nitrogens with zero attached hydrogens (tertiary/aromatic N) is 3. The zero-order chi connectivity index (χ0) is 27.8. The maximum atomic E-state index is 12.5. The molecule has 1 amide bonds. The van der Waals surface area contributed by atoms with Gasteiger partial charge in [0.2, 0.25) is 5.91 Å². The first-order chi connectivity index (χ1) is 17.2. The fourth-order valence-corrected chi connectivity index (χ4v) is 4.60. The number of fused-ring (bicyclic) bond motifs is 1. The van der Waals surface area contributed by atoms with Crippen molar-refractivity contribution in [1.82, 2.24) is 14.8 Å². The molecule has 0 aromatic carbocycles. The number of pyridine rings is 1. The van der Waals surface area contributed by atoms with Gasteiger partial charge < -0.3 is 15.1 Å². The number of carbonyl (C=O) groups is 3. The van der Waals surface area contributed by atoms with Gasteiger partial charge in [0, 0.05) is 50.5 Å². The molecule has 37 heavy (non-hydrogen) atoms. The number of piperidine rings is 1. The third-order valence-corrected chi connectivity index (χ3v) is 6.28. The Kier molecular flexibility index (Phi) is 10.4. The van der Waals surface area contributed by atoms with Crippen molar-refractivity contribution >= 4 is 29.2 Å². The third-order valence-electron chi connectivity index (χ3n) is 5.55. The second-order valence-electron chi connectivity index (χ2n) is 8.05. The number of carboxylic acids is 2. The number of amides is 1. The Labute approximate surface area is 211 Å². The number of aliphatic carboxylic acids is 2. The molecular formula is C22H23F6N3O5S. The minimum absolute atomic E-state index is 0.306. The second-order valence-corrected chi connectivity index (χ2v) is 8.83. The summed E-state index contributed by atoms with van der Waals surface area (Å²) < 4.78 is 63.5. The van der Waals surface area contributed by atoms with Gasteiger partial charge in [-0.05, 0) is 52.9 Å². The number of alkyl halides is 6. The minimum atomic E-state index is -5.08. The highest BCUT2D eigenvalue weighted by molar-refractivity contribution is 7.07. The summed E-state index contributed by atoms with van der Waals surface area (Å²) in [4.78, 5) is 39.0. The van der Waals surface area contributed by atoms with E-state index in [2.05, 4.69) is 31.6 Å². The van der Waals surface area contributed by atoms with Gasteiger partial charge >= 0.3 is 24.3 Å². The first-order valence-corrected chi connectivity index (χ1v) is 11.7. The van der Waals surface area contributed by atoms with Crippen molar-refractivity contribution in [2.45, 2.75) is 56.8 Å². The third kappa shape index (κ3) is 9.31. The summed E-state index contributed by atoms with van der Waals surface area (Å²) in [7, 11) is 0. The summed E-state index contributed by atoms with van der Waals surface area (Å²) in [5, 5.41) is 18.6. The Balaban J connectivity index is 0.000000286. The van der Waals surface area contributed by atoms with E-state index in [1.165, 1.54) is 11.1 Å². The van der Waals surface area contributed by atoms with Crippen LogP contribution in [0.3, 0.4) is 0 Å². The van der Waals surface area contributed by atoms with Gasteiger partial charge in [0.15, 0.2) is 0 Å². The van der Waals surface area contributed by atoms with Gasteiger partial charge in [0.1, 0.15) is 0 Å². The fourth-order valence-electron chi connectivity index (χ4n) is 3.94. The molecule has 0 unspecified atom stereocenters. The molecule has 0 saturated carbocycles. The van der Waals surface area contributed by atoms with Gasteiger partial charge in [-0.1, -0.05) is 0 Å². The highest BCUT2D eigenvalue weighted by Gasteiger charge is 2.43. The molecular weight excluding hydrogens is 532 g/mol. The number of thiophene rings is 1. The largest absolute Gasteiger partial charge is 0.490 e. The van der Waals surface area contributed by atoms with Crippen LogP contribution in [0.1, 0.15) is 30.4 Å². The summed E-state index contributed by atoms with van der Waals surface area (Å²) >= 11 is 1.76. The second kappa shape index (κ2) is 12.9. The van der Waals surface area contributed by atoms with E-state index < -0.39 is 24.3 Å². The molecule has 4 rings (SSSR count). The van der Waals surface area contributed by atoms with Crippen molar-refractivity contribution in [3.63, 3.8) is 0 Å². The molecule has 2 aliphatic heterocycles. The summed E-state index contributed by atoms with van der Waals surface area (Å²) in [5.41, 5.74) is 2.57. The molecule has 0 bridgehead atoms. The number of halogens is 6. The molecule has 2 atom stereocenters. The van der Waals surface area contributed by atoms with Crippen LogP contribution in [0.2, 0.25) is 0 Å². The smallest absolute Gasteiger partial charge is 0.475 e. The lowest BCUT2D eigenvalue weighted by Crippen LogP contribution is -2.51. The van der Waals surface area contributed by atoms with E-state index in [-0.39, 0.29) is 0 Å². The molecule has 2 saturated heterocycles. The summed E-state index contributed by atoms with van der Waals surface area (Å²) in [6, 6.07) is 7.10. The van der Waals surface area contributed by atoms with E-state index in [1.807, 2.05) is 12.1 Å². The highest BCUT2D eigenvalue weighted by atomic mass is 32.1. The number of carboxylic acid groups (broad SMARTS) is 2. The van der Waals surface area contributed by atoms with Crippen LogP contribution in [0.15, 0.2) is 41.4 Å². The maximum absolute atomic E-state index is 12.5. The van der Waals surface area contributed by atoms with Crippen LogP contribution in [-0.2, 0) is 27.5 Å². The molecule has 15 heteroatoms. The van der Waals surface area contributed by atoms with Crippen LogP contribution >= 0.6 is 11.3 Å². The molecule has 204 valence electrons. The number of aromatic nitrogens is 1. The lowest BCUT2D eigenvalue weighted by Gasteiger charge is -2.40. The van der Waals surface area contributed by atoms with E-state index >= 15 is 0 Å². The average molecular weight is 555 g/mol. The predicted octanol–water partition coefficient (Wildman–Crippen LogP) is 4.18. The van der Waals surface area contributed by atoms with Gasteiger partial charge in [0.25, 0.3) is 0 Å². The molecule has 2 aliphatic rings. The van der Waals surface area contributed by atoms with E-state index in [9.17, 15) is 31.1 Å². The SMILES string of the molecule is O=C(O)C(F)(F)F.O=C(O)C(F)(F)F.O=C1CC[C@H]2[C@H](CCN2Cc2ccsc2)N1Cc1ccncc1. The van der Waals surface area contributed by atoms with Gasteiger partial charge in [-0.3, -0.25) is 14.7 Å². The van der Waals surface area contributed by atoms with Gasteiger partial charge in [0.05, 0.1) is 0 Å². The van der Waals surface area contributed by atoms with Crippen molar-refractivity contribution in [1.29, 1.82) is 0 Å². The monoisotopic (exact) mass is 555 g/mol. The topological polar surface area (TPSA) is 111 Å². The molecule has 0 spiro atoms. The van der Waals surface area contributed by atoms with Crippen LogP contribution in [0, 0.1) is 0 Å². The molecule has 0 radical (unpaired) electrons. The van der Waals surface area contributed by atoms with Gasteiger partial charge in [-0.15, -0.1) is 0 Å². The first-order valence-electron chi connectivity index (χ1n) is 10.7. The van der Waals surface area contributed by atoms with Crippen molar-refractivity contribution in [2.75, 3.05) is 6.54 Å². The normalized spacial score (nSPS) is 19.7. The first kappa shape index (κ1) is 30.0. The van der Waals surface area contributed by atoms with Gasteiger partial charge in [-0.2, -0.15) is 37.7 Å². The van der Waals surface area contributed by atoms with Gasteiger partial charge in [-0.25, -0.2) is 9.59 Å². The lowest BCUT2D eigenvalue weighted by molar-refractivity contribution is -0.193. The predicted molar refractivity (Wildman–Crippen MR) is 118 cm³/mol. The van der Waals surface area contributed by atoms with Crippen LogP contribution in [0.5, 0.6) is 0 Å². The Morgan fingerprint density at radius 2 is 1.49 bits per heavy atom. The zero-order valence-corrected chi connectivity index (χ0v) is 19.9. The fraction of sp³-hybridized carbons (Fsp3) is 0.455. The quantitative estimate of drug-likeness (QED) is 0.545. The van der Waals surface area contributed by atoms with Crippen LogP contribution in [0.25, 0.3) is 0 Å². The lowest BCUT2D eigenvalue weighted by atomic mass is 9.95. The standard InChI is InChI=1S/C18H21N3OS.2C2HF3O2/c22-18-2-1-16-17(21(18)12-14-3-7-19-8-4-14)5-9-20(16)11-15-6-10-23-13-15;2*3-2(4,5)1(6)7/h3-4,6-8,10,13,16-17H,1-2,5,9,11-12H2;2*(H,6,7)/t16-,17-;;/m0../s1. The number of likely N-dealkylation sites (tertiary alicyclic amines) is 2. The Morgan fingerprint density at radius 3 is 1.97 bits per heavy atom. The minimum Gasteiger partial charge on any atom is -0.475 e. The molecule has 8 nitrogen and oxygen atoms in total. The van der Waals surface area contributed by atoms with E-state index in [0.717, 1.165) is 32.5 Å². The molecule has 2 fully saturated rings. The molecule has 4 heterocycles. The molecule has 0 aliphatic carbocycles. The van der Waals surface area contributed by atoms with Crippen LogP contribution in [-0.4, -0.2) is 73.8 Å². The summed E-state index contributed by atoms with van der Waals surface area (Å²) in [6.45, 7) is 2.82. The van der Waals surface area contributed by atoms with Crippen molar-refractivity contribution < 1.29 is 50.9 Å². The molecule has 2 aromatic rings. The highest BCUT2D eigenvalue weighted by Crippen LogP contribution is 2.33. The van der Waals surface area contributed by atoms with Crippen molar-refractivity contribution in [2.24, 2.45) is 0 Å². The number of hydrogen-bond acceptors (Lipinski definition) is 6. The summed E-state index contributed by atoms with van der Waals surface area (Å²) in [6.07, 6.45) is -3.80. The maximum Gasteiger partial charge on any atom is 0.490 e. The van der Waals surface area contributed by atoms with Crippen molar-refractivity contribution in [3.05, 3.63) is 52.5 Å². The number of hydrogen-bond donors (Lipinski definition) is 2. The number of carbonyl (C=O) groups excluding carboxylic acids is 1. The zero-order valence-electron chi connectivity index (χ0n) is 19.1. The van der Waals surface area contributed by atoms with E-state index in [1.54, 1.807) is 23.7 Å². The van der Waals surface area contributed by atoms with E-state index in [4.69, 9.17) is 19.8 Å². The van der Waals surface area contributed by atoms with Crippen LogP contribution in [0.4, 0.5) is 26.3 Å². The number of rotatable bonds is 4. The van der Waals surface area contributed by atoms with Crippen LogP contribution < -0.4 is 0 Å². The average Bonchev–Trinajstić information content (AvgIpc) is 3.46. The Bertz CT molecular complexity index is 1010. The Hall–Kier alpha value is -3.20. The summed E-state index contributed by atoms with van der Waals surface area (Å²) in [5.74, 6) is -5.21. The van der Waals surface area contributed by atoms with E-state index in [0.29, 0.717) is 24.4 Å². The van der Waals surface area contributed by atoms with Crippen molar-refractivity contribution in [3.8, 4) is 0 Å². The Morgan fingerprint density at radius 1 is 0.919 bits per heavy atom. The molecule has 2 N–H and O–H groups in total. The molecule has 2 aromatic heterocycles.